The van der Waals surface area contributed by atoms with Crippen LogP contribution in [0.25, 0.3) is 0 Å². The molecule has 1 heterocycles. The first-order chi connectivity index (χ1) is 9.96. The molecule has 2 rings (SSSR count). The van der Waals surface area contributed by atoms with E-state index in [0.29, 0.717) is 30.0 Å². The average Bonchev–Trinajstić information content (AvgIpc) is 2.83. The normalized spacial score (nSPS) is 11.4. The van der Waals surface area contributed by atoms with Crippen molar-refractivity contribution in [2.75, 3.05) is 18.4 Å². The number of aromatic nitrogens is 2. The van der Waals surface area contributed by atoms with Gasteiger partial charge in [0.1, 0.15) is 5.75 Å². The van der Waals surface area contributed by atoms with Gasteiger partial charge in [0.2, 0.25) is 0 Å². The molecule has 0 atom stereocenters. The van der Waals surface area contributed by atoms with E-state index < -0.39 is 10.0 Å². The van der Waals surface area contributed by atoms with Gasteiger partial charge in [0.25, 0.3) is 10.0 Å². The number of rotatable bonds is 6. The fourth-order valence-electron chi connectivity index (χ4n) is 1.98. The van der Waals surface area contributed by atoms with E-state index in [2.05, 4.69) is 9.82 Å². The van der Waals surface area contributed by atoms with Gasteiger partial charge in [-0.3, -0.25) is 9.40 Å². The quantitative estimate of drug-likeness (QED) is 0.819. The van der Waals surface area contributed by atoms with Gasteiger partial charge in [-0.25, -0.2) is 8.42 Å². The minimum Gasteiger partial charge on any atom is -0.497 e. The molecule has 0 fully saturated rings. The Balaban J connectivity index is 2.38. The molecule has 8 heteroatoms. The van der Waals surface area contributed by atoms with Gasteiger partial charge in [-0.15, -0.1) is 0 Å². The van der Waals surface area contributed by atoms with Crippen molar-refractivity contribution in [2.24, 2.45) is 12.8 Å². The minimum absolute atomic E-state index is 0.192. The number of aryl methyl sites for hydroxylation is 1. The molecule has 0 amide bonds. The third-order valence-corrected chi connectivity index (χ3v) is 4.41. The van der Waals surface area contributed by atoms with Crippen molar-refractivity contribution < 1.29 is 13.2 Å². The van der Waals surface area contributed by atoms with Crippen molar-refractivity contribution >= 4 is 15.7 Å². The molecule has 21 heavy (non-hydrogen) atoms. The van der Waals surface area contributed by atoms with E-state index in [1.165, 1.54) is 24.1 Å². The highest BCUT2D eigenvalue weighted by Gasteiger charge is 2.19. The number of ether oxygens (including phenoxy) is 1. The SMILES string of the molecule is COc1ccc(S(=O)(=O)Nc2cnn(C)c2)c(CCN)c1. The minimum atomic E-state index is -3.69. The maximum atomic E-state index is 12.5. The molecule has 114 valence electrons. The Morgan fingerprint density at radius 3 is 2.76 bits per heavy atom. The van der Waals surface area contributed by atoms with Gasteiger partial charge in [0.15, 0.2) is 0 Å². The molecule has 2 aromatic rings. The Labute approximate surface area is 123 Å². The lowest BCUT2D eigenvalue weighted by Crippen LogP contribution is -2.16. The summed E-state index contributed by atoms with van der Waals surface area (Å²) < 4.78 is 34.1. The van der Waals surface area contributed by atoms with Crippen LogP contribution >= 0.6 is 0 Å². The van der Waals surface area contributed by atoms with Gasteiger partial charge in [0, 0.05) is 13.2 Å². The Hall–Kier alpha value is -2.06. The second-order valence-electron chi connectivity index (χ2n) is 4.52. The summed E-state index contributed by atoms with van der Waals surface area (Å²) >= 11 is 0. The number of nitrogens with one attached hydrogen (secondary N) is 1. The molecule has 3 N–H and O–H groups in total. The van der Waals surface area contributed by atoms with Crippen LogP contribution in [0.15, 0.2) is 35.5 Å². The van der Waals surface area contributed by atoms with Crippen LogP contribution in [0.2, 0.25) is 0 Å². The van der Waals surface area contributed by atoms with Gasteiger partial charge < -0.3 is 10.5 Å². The van der Waals surface area contributed by atoms with Crippen LogP contribution < -0.4 is 15.2 Å². The summed E-state index contributed by atoms with van der Waals surface area (Å²) in [4.78, 5) is 0.192. The molecule has 0 spiro atoms. The Morgan fingerprint density at radius 1 is 1.43 bits per heavy atom. The van der Waals surface area contributed by atoms with Crippen LogP contribution in [-0.2, 0) is 23.5 Å². The number of benzene rings is 1. The molecule has 0 bridgehead atoms. The van der Waals surface area contributed by atoms with E-state index in [4.69, 9.17) is 10.5 Å². The van der Waals surface area contributed by atoms with Crippen LogP contribution in [0.5, 0.6) is 5.75 Å². The van der Waals surface area contributed by atoms with E-state index in [9.17, 15) is 8.42 Å². The number of sulfonamides is 1. The van der Waals surface area contributed by atoms with Gasteiger partial charge in [-0.2, -0.15) is 5.10 Å². The highest BCUT2D eigenvalue weighted by Crippen LogP contribution is 2.24. The number of anilines is 1. The van der Waals surface area contributed by atoms with Crippen LogP contribution in [0.3, 0.4) is 0 Å². The van der Waals surface area contributed by atoms with E-state index in [1.54, 1.807) is 25.4 Å². The lowest BCUT2D eigenvalue weighted by atomic mass is 10.1. The maximum Gasteiger partial charge on any atom is 0.262 e. The molecule has 1 aromatic carbocycles. The second-order valence-corrected chi connectivity index (χ2v) is 6.17. The van der Waals surface area contributed by atoms with Crippen molar-refractivity contribution in [2.45, 2.75) is 11.3 Å². The maximum absolute atomic E-state index is 12.5. The van der Waals surface area contributed by atoms with E-state index in [-0.39, 0.29) is 4.90 Å². The smallest absolute Gasteiger partial charge is 0.262 e. The van der Waals surface area contributed by atoms with Gasteiger partial charge in [0.05, 0.1) is 23.9 Å². The summed E-state index contributed by atoms with van der Waals surface area (Å²) in [5.41, 5.74) is 6.58. The number of nitrogens with two attached hydrogens (primary N) is 1. The third-order valence-electron chi connectivity index (χ3n) is 2.93. The zero-order chi connectivity index (χ0) is 15.5. The molecule has 7 nitrogen and oxygen atoms in total. The van der Waals surface area contributed by atoms with Crippen LogP contribution in [0.1, 0.15) is 5.56 Å². The van der Waals surface area contributed by atoms with E-state index in [0.717, 1.165) is 0 Å². The highest BCUT2D eigenvalue weighted by atomic mass is 32.2. The number of hydrogen-bond acceptors (Lipinski definition) is 5. The molecule has 0 saturated heterocycles. The molecule has 0 unspecified atom stereocenters. The lowest BCUT2D eigenvalue weighted by Gasteiger charge is -2.12. The first-order valence-electron chi connectivity index (χ1n) is 6.34. The average molecular weight is 310 g/mol. The van der Waals surface area contributed by atoms with Gasteiger partial charge in [-0.05, 0) is 36.7 Å². The van der Waals surface area contributed by atoms with E-state index in [1.807, 2.05) is 0 Å². The van der Waals surface area contributed by atoms with Crippen molar-refractivity contribution in [1.82, 2.24) is 9.78 Å². The Morgan fingerprint density at radius 2 is 2.19 bits per heavy atom. The zero-order valence-electron chi connectivity index (χ0n) is 11.9. The summed E-state index contributed by atoms with van der Waals surface area (Å²) in [6.45, 7) is 0.350. The predicted molar refractivity (Wildman–Crippen MR) is 79.8 cm³/mol. The lowest BCUT2D eigenvalue weighted by molar-refractivity contribution is 0.414. The summed E-state index contributed by atoms with van der Waals surface area (Å²) in [6, 6.07) is 4.81. The summed E-state index contributed by atoms with van der Waals surface area (Å²) in [7, 11) is -0.448. The van der Waals surface area contributed by atoms with E-state index >= 15 is 0 Å². The number of nitrogens with zero attached hydrogens (tertiary/aromatic N) is 2. The molecule has 0 aliphatic carbocycles. The van der Waals surface area contributed by atoms with Crippen molar-refractivity contribution in [1.29, 1.82) is 0 Å². The Kier molecular flexibility index (Phi) is 4.49. The standard InChI is InChI=1S/C13H18N4O3S/c1-17-9-11(8-15-17)16-21(18,19)13-4-3-12(20-2)7-10(13)5-6-14/h3-4,7-9,16H,5-6,14H2,1-2H3. The second kappa shape index (κ2) is 6.15. The molecule has 0 aliphatic heterocycles. The molecule has 1 aromatic heterocycles. The van der Waals surface area contributed by atoms with Crippen LogP contribution in [0.4, 0.5) is 5.69 Å². The topological polar surface area (TPSA) is 99.2 Å². The van der Waals surface area contributed by atoms with Gasteiger partial charge >= 0.3 is 0 Å². The summed E-state index contributed by atoms with van der Waals surface area (Å²) in [6.07, 6.45) is 3.48. The molecule has 0 radical (unpaired) electrons. The fourth-order valence-corrected chi connectivity index (χ4v) is 3.26. The fraction of sp³-hybridized carbons (Fsp3) is 0.308. The van der Waals surface area contributed by atoms with Crippen molar-refractivity contribution in [3.05, 3.63) is 36.2 Å². The molecule has 0 saturated carbocycles. The summed E-state index contributed by atoms with van der Waals surface area (Å²) in [5, 5.41) is 3.93. The predicted octanol–water partition coefficient (Wildman–Crippen LogP) is 0.731. The first-order valence-corrected chi connectivity index (χ1v) is 7.83. The van der Waals surface area contributed by atoms with Crippen LogP contribution in [-0.4, -0.2) is 31.9 Å². The highest BCUT2D eigenvalue weighted by molar-refractivity contribution is 7.92. The zero-order valence-corrected chi connectivity index (χ0v) is 12.7. The van der Waals surface area contributed by atoms with Crippen LogP contribution in [0, 0.1) is 0 Å². The largest absolute Gasteiger partial charge is 0.497 e. The van der Waals surface area contributed by atoms with Crippen molar-refractivity contribution in [3.8, 4) is 5.75 Å². The monoisotopic (exact) mass is 310 g/mol. The molecular formula is C13H18N4O3S. The third kappa shape index (κ3) is 3.53. The molecular weight excluding hydrogens is 292 g/mol. The van der Waals surface area contributed by atoms with Crippen molar-refractivity contribution in [3.63, 3.8) is 0 Å². The van der Waals surface area contributed by atoms with Gasteiger partial charge in [-0.1, -0.05) is 0 Å². The Bertz CT molecular complexity index is 725. The molecule has 0 aliphatic rings. The number of hydrogen-bond donors (Lipinski definition) is 2. The summed E-state index contributed by atoms with van der Waals surface area (Å²) in [5.74, 6) is 0.596. The first kappa shape index (κ1) is 15.3. The number of methoxy groups -OCH3 is 1.